The van der Waals surface area contributed by atoms with E-state index in [0.29, 0.717) is 23.4 Å². The highest BCUT2D eigenvalue weighted by Gasteiger charge is 2.51. The lowest BCUT2D eigenvalue weighted by atomic mass is 9.92. The predicted molar refractivity (Wildman–Crippen MR) is 141 cm³/mol. The van der Waals surface area contributed by atoms with E-state index in [-0.39, 0.29) is 0 Å². The van der Waals surface area contributed by atoms with E-state index in [1.54, 1.807) is 18.3 Å². The zero-order valence-corrected chi connectivity index (χ0v) is 21.3. The Bertz CT molecular complexity index is 1440. The van der Waals surface area contributed by atoms with Crippen molar-refractivity contribution in [1.29, 1.82) is 0 Å². The number of rotatable bonds is 7. The number of carboxylic acids is 1. The maximum Gasteiger partial charge on any atom is 0.412 e. The van der Waals surface area contributed by atoms with Gasteiger partial charge in [0.25, 0.3) is 0 Å². The second kappa shape index (κ2) is 9.52. The van der Waals surface area contributed by atoms with Crippen molar-refractivity contribution in [3.8, 4) is 21.6 Å². The molecule has 184 valence electrons. The van der Waals surface area contributed by atoms with Crippen LogP contribution in [0.2, 0.25) is 0 Å². The minimum Gasteiger partial charge on any atom is -0.481 e. The number of ether oxygens (including phenoxy) is 1. The van der Waals surface area contributed by atoms with Crippen LogP contribution >= 0.6 is 22.7 Å². The molecule has 2 aromatic heterocycles. The lowest BCUT2D eigenvalue weighted by Crippen LogP contribution is -2.19. The fourth-order valence-electron chi connectivity index (χ4n) is 4.49. The van der Waals surface area contributed by atoms with E-state index in [1.807, 2.05) is 66.9 Å². The van der Waals surface area contributed by atoms with Crippen molar-refractivity contribution < 1.29 is 23.8 Å². The summed E-state index contributed by atoms with van der Waals surface area (Å²) in [4.78, 5) is 26.0. The maximum atomic E-state index is 14.4. The van der Waals surface area contributed by atoms with Gasteiger partial charge in [0.15, 0.2) is 5.13 Å². The molecule has 1 saturated carbocycles. The van der Waals surface area contributed by atoms with Crippen molar-refractivity contribution in [3.63, 3.8) is 0 Å². The minimum absolute atomic E-state index is 0.337. The number of benzene rings is 2. The van der Waals surface area contributed by atoms with Crippen LogP contribution in [-0.2, 0) is 14.9 Å². The predicted octanol–water partition coefficient (Wildman–Crippen LogP) is 8.02. The quantitative estimate of drug-likeness (QED) is 0.258. The van der Waals surface area contributed by atoms with Gasteiger partial charge in [-0.15, -0.1) is 22.7 Å². The van der Waals surface area contributed by atoms with Gasteiger partial charge in [0, 0.05) is 22.1 Å². The van der Waals surface area contributed by atoms with Crippen LogP contribution in [0.4, 0.5) is 14.9 Å². The molecule has 1 aliphatic carbocycles. The summed E-state index contributed by atoms with van der Waals surface area (Å²) in [5, 5.41) is 13.8. The summed E-state index contributed by atoms with van der Waals surface area (Å²) in [7, 11) is 0. The minimum atomic E-state index is -0.796. The van der Waals surface area contributed by atoms with Crippen LogP contribution in [0.5, 0.6) is 0 Å². The third-order valence-corrected chi connectivity index (χ3v) is 8.46. The van der Waals surface area contributed by atoms with Gasteiger partial charge in [-0.2, -0.15) is 4.39 Å². The topological polar surface area (TPSA) is 75.6 Å². The van der Waals surface area contributed by atoms with Crippen molar-refractivity contribution in [2.75, 3.05) is 5.32 Å². The molecule has 8 heteroatoms. The molecule has 5 rings (SSSR count). The van der Waals surface area contributed by atoms with E-state index in [2.05, 4.69) is 5.32 Å². The van der Waals surface area contributed by atoms with Crippen LogP contribution in [-0.4, -0.2) is 17.2 Å². The van der Waals surface area contributed by atoms with Gasteiger partial charge in [-0.3, -0.25) is 10.1 Å². The summed E-state index contributed by atoms with van der Waals surface area (Å²) < 4.78 is 20.0. The standard InChI is InChI=1S/C28H24FNO4S2/c1-16(20-11-14-35-17(20)2)34-27(33)30-23-15-24(29)36-25(23)22-6-4-3-5-21(22)18-7-9-19(10-8-18)28(12-13-28)26(31)32/h3-11,14-16H,12-13H2,1-2H3,(H,30,33)(H,31,32). The average Bonchev–Trinajstić information content (AvgIpc) is 3.44. The van der Waals surface area contributed by atoms with E-state index < -0.39 is 28.7 Å². The van der Waals surface area contributed by atoms with Crippen LogP contribution < -0.4 is 5.32 Å². The van der Waals surface area contributed by atoms with E-state index in [4.69, 9.17) is 4.74 Å². The van der Waals surface area contributed by atoms with Crippen molar-refractivity contribution >= 4 is 40.4 Å². The Kier molecular flexibility index (Phi) is 6.40. The number of thiophene rings is 2. The van der Waals surface area contributed by atoms with Gasteiger partial charge in [-0.05, 0) is 54.8 Å². The number of carboxylic acid groups (broad SMARTS) is 1. The molecule has 4 aromatic rings. The summed E-state index contributed by atoms with van der Waals surface area (Å²) in [6.45, 7) is 3.78. The summed E-state index contributed by atoms with van der Waals surface area (Å²) >= 11 is 2.53. The molecule has 36 heavy (non-hydrogen) atoms. The largest absolute Gasteiger partial charge is 0.481 e. The fourth-order valence-corrected chi connectivity index (χ4v) is 6.16. The number of carbonyl (C=O) groups is 2. The first-order valence-electron chi connectivity index (χ1n) is 11.5. The highest BCUT2D eigenvalue weighted by molar-refractivity contribution is 7.14. The third-order valence-electron chi connectivity index (χ3n) is 6.64. The molecule has 5 nitrogen and oxygen atoms in total. The van der Waals surface area contributed by atoms with Crippen LogP contribution in [0.15, 0.2) is 66.0 Å². The number of hydrogen-bond donors (Lipinski definition) is 2. The monoisotopic (exact) mass is 521 g/mol. The molecule has 2 aromatic carbocycles. The van der Waals surface area contributed by atoms with Gasteiger partial charge in [0.2, 0.25) is 0 Å². The molecule has 1 aliphatic rings. The normalized spacial score (nSPS) is 14.8. The molecule has 1 amide bonds. The van der Waals surface area contributed by atoms with Crippen LogP contribution in [0.1, 0.15) is 41.9 Å². The second-order valence-electron chi connectivity index (χ2n) is 8.91. The molecule has 0 radical (unpaired) electrons. The van der Waals surface area contributed by atoms with E-state index in [0.717, 1.165) is 44.0 Å². The Morgan fingerprint density at radius 3 is 2.39 bits per heavy atom. The molecule has 2 heterocycles. The van der Waals surface area contributed by atoms with Gasteiger partial charge in [-0.1, -0.05) is 48.5 Å². The first-order valence-corrected chi connectivity index (χ1v) is 13.2. The molecular formula is C28H24FNO4S2. The second-order valence-corrected chi connectivity index (χ2v) is 11.0. The Morgan fingerprint density at radius 2 is 1.78 bits per heavy atom. The average molecular weight is 522 g/mol. The fraction of sp³-hybridized carbons (Fsp3) is 0.214. The number of anilines is 1. The van der Waals surface area contributed by atoms with Gasteiger partial charge in [-0.25, -0.2) is 4.79 Å². The Morgan fingerprint density at radius 1 is 1.08 bits per heavy atom. The van der Waals surface area contributed by atoms with Crippen LogP contribution in [0, 0.1) is 12.1 Å². The Labute approximate surface area is 216 Å². The molecule has 0 saturated heterocycles. The van der Waals surface area contributed by atoms with Crippen LogP contribution in [0.3, 0.4) is 0 Å². The molecule has 0 bridgehead atoms. The van der Waals surface area contributed by atoms with Crippen molar-refractivity contribution in [2.45, 2.75) is 38.2 Å². The first-order chi connectivity index (χ1) is 17.3. The Balaban J connectivity index is 1.41. The number of halogens is 1. The Hall–Kier alpha value is -3.49. The molecule has 0 spiro atoms. The highest BCUT2D eigenvalue weighted by Crippen LogP contribution is 2.49. The molecule has 1 unspecified atom stereocenters. The summed E-state index contributed by atoms with van der Waals surface area (Å²) in [6.07, 6.45) is 0.192. The summed E-state index contributed by atoms with van der Waals surface area (Å²) in [6, 6.07) is 18.3. The van der Waals surface area contributed by atoms with E-state index >= 15 is 0 Å². The van der Waals surface area contributed by atoms with Gasteiger partial charge in [0.1, 0.15) is 6.10 Å². The lowest BCUT2D eigenvalue weighted by Gasteiger charge is -2.15. The number of carbonyl (C=O) groups excluding carboxylic acids is 1. The van der Waals surface area contributed by atoms with Gasteiger partial charge < -0.3 is 9.84 Å². The smallest absolute Gasteiger partial charge is 0.412 e. The maximum absolute atomic E-state index is 14.4. The van der Waals surface area contributed by atoms with Gasteiger partial charge >= 0.3 is 12.1 Å². The zero-order valence-electron chi connectivity index (χ0n) is 19.7. The molecule has 2 N–H and O–H groups in total. The van der Waals surface area contributed by atoms with E-state index in [9.17, 15) is 19.1 Å². The van der Waals surface area contributed by atoms with Crippen molar-refractivity contribution in [3.05, 3.63) is 87.2 Å². The van der Waals surface area contributed by atoms with E-state index in [1.165, 1.54) is 6.07 Å². The van der Waals surface area contributed by atoms with Crippen molar-refractivity contribution in [1.82, 2.24) is 0 Å². The molecular weight excluding hydrogens is 497 g/mol. The molecule has 0 aliphatic heterocycles. The number of nitrogens with one attached hydrogen (secondary N) is 1. The number of aryl methyl sites for hydroxylation is 1. The van der Waals surface area contributed by atoms with Gasteiger partial charge in [0.05, 0.1) is 16.0 Å². The first kappa shape index (κ1) is 24.2. The number of aliphatic carboxylic acids is 1. The molecule has 1 atom stereocenters. The zero-order chi connectivity index (χ0) is 25.4. The van der Waals surface area contributed by atoms with Crippen LogP contribution in [0.25, 0.3) is 21.6 Å². The summed E-state index contributed by atoms with van der Waals surface area (Å²) in [5.41, 5.74) is 3.78. The SMILES string of the molecule is Cc1sccc1C(C)OC(=O)Nc1cc(F)sc1-c1ccccc1-c1ccc(C2(C(=O)O)CC2)cc1. The number of hydrogen-bond acceptors (Lipinski definition) is 5. The highest BCUT2D eigenvalue weighted by atomic mass is 32.1. The number of amides is 1. The lowest BCUT2D eigenvalue weighted by molar-refractivity contribution is -0.140. The summed E-state index contributed by atoms with van der Waals surface area (Å²) in [5.74, 6) is -0.796. The third kappa shape index (κ3) is 4.54. The molecule has 1 fully saturated rings. The van der Waals surface area contributed by atoms with Crippen molar-refractivity contribution in [2.24, 2.45) is 0 Å².